The minimum absolute atomic E-state index is 0.0411. The van der Waals surface area contributed by atoms with Crippen molar-refractivity contribution in [3.63, 3.8) is 0 Å². The van der Waals surface area contributed by atoms with Gasteiger partial charge in [0.15, 0.2) is 5.78 Å². The Bertz CT molecular complexity index is 499. The second kappa shape index (κ2) is 9.85. The van der Waals surface area contributed by atoms with E-state index in [1.54, 1.807) is 0 Å². The molecule has 0 saturated heterocycles. The average molecular weight is 343 g/mol. The first kappa shape index (κ1) is 19.9. The van der Waals surface area contributed by atoms with Gasteiger partial charge in [-0.25, -0.2) is 0 Å². The van der Waals surface area contributed by atoms with Gasteiger partial charge in [0.05, 0.1) is 11.3 Å². The van der Waals surface area contributed by atoms with Gasteiger partial charge < -0.3 is 9.94 Å². The van der Waals surface area contributed by atoms with Gasteiger partial charge in [-0.1, -0.05) is 32.3 Å². The molecule has 3 unspecified atom stereocenters. The number of nitrogens with zero attached hydrogens (tertiary/aromatic N) is 1. The molecule has 0 aliphatic heterocycles. The van der Waals surface area contributed by atoms with Crippen molar-refractivity contribution in [1.29, 1.82) is 0 Å². The van der Waals surface area contributed by atoms with E-state index >= 15 is 0 Å². The van der Waals surface area contributed by atoms with Gasteiger partial charge in [0, 0.05) is 34.6 Å². The summed E-state index contributed by atoms with van der Waals surface area (Å²) in [5.41, 5.74) is 0.876. The summed E-state index contributed by atoms with van der Waals surface area (Å²) >= 11 is 0. The lowest BCUT2D eigenvalue weighted by Gasteiger charge is -2.25. The number of allylic oxidation sites excluding steroid dienone is 2. The van der Waals surface area contributed by atoms with Crippen LogP contribution in [-0.2, 0) is 20.4 Å². The predicted octanol–water partition coefficient (Wildman–Crippen LogP) is 3.52. The Hall–Kier alpha value is -1.17. The van der Waals surface area contributed by atoms with Crippen LogP contribution in [0.4, 0.5) is 0 Å². The fraction of sp³-hybridized carbons (Fsp3) is 0.765. The Labute approximate surface area is 141 Å². The highest BCUT2D eigenvalue weighted by Crippen LogP contribution is 2.31. The van der Waals surface area contributed by atoms with Gasteiger partial charge in [0.1, 0.15) is 12.4 Å². The number of Topliss-reactive ketones (excluding diaryl/α,β-unsaturated/α-hetero) is 1. The Kier molecular flexibility index (Phi) is 8.52. The molecule has 0 bridgehead atoms. The van der Waals surface area contributed by atoms with E-state index < -0.39 is 10.8 Å². The quantitative estimate of drug-likeness (QED) is 0.513. The fourth-order valence-electron chi connectivity index (χ4n) is 2.92. The summed E-state index contributed by atoms with van der Waals surface area (Å²) in [6.45, 7) is 8.10. The van der Waals surface area contributed by atoms with E-state index in [9.17, 15) is 14.1 Å². The monoisotopic (exact) mass is 343 g/mol. The minimum Gasteiger partial charge on any atom is -0.511 e. The van der Waals surface area contributed by atoms with Gasteiger partial charge in [-0.3, -0.25) is 9.00 Å². The standard InChI is InChI=1S/C17H29NO4S/c1-5-8-14(18-22-6-2)17-15(19)10-13(11-16(17)20)9-12(4)23(21)7-3/h12-13,19H,5-11H2,1-4H3. The molecule has 0 aromatic rings. The van der Waals surface area contributed by atoms with Crippen LogP contribution in [0.25, 0.3) is 0 Å². The molecule has 0 radical (unpaired) electrons. The van der Waals surface area contributed by atoms with E-state index in [1.165, 1.54) is 0 Å². The first-order valence-electron chi connectivity index (χ1n) is 8.46. The van der Waals surface area contributed by atoms with E-state index in [2.05, 4.69) is 5.16 Å². The highest BCUT2D eigenvalue weighted by Gasteiger charge is 2.32. The number of aliphatic hydroxyl groups excluding tert-OH is 1. The van der Waals surface area contributed by atoms with Gasteiger partial charge in [0.25, 0.3) is 0 Å². The van der Waals surface area contributed by atoms with Crippen LogP contribution in [-0.4, -0.2) is 38.4 Å². The second-order valence-electron chi connectivity index (χ2n) is 5.94. The third-order valence-corrected chi connectivity index (χ3v) is 5.66. The fourth-order valence-corrected chi connectivity index (χ4v) is 3.98. The van der Waals surface area contributed by atoms with Crippen molar-refractivity contribution in [2.75, 3.05) is 12.4 Å². The molecular formula is C17H29NO4S. The minimum atomic E-state index is -0.873. The third kappa shape index (κ3) is 5.75. The first-order chi connectivity index (χ1) is 10.9. The molecule has 1 N–H and O–H groups in total. The summed E-state index contributed by atoms with van der Waals surface area (Å²) in [7, 11) is -0.873. The lowest BCUT2D eigenvalue weighted by molar-refractivity contribution is -0.116. The van der Waals surface area contributed by atoms with Crippen molar-refractivity contribution in [3.8, 4) is 0 Å². The van der Waals surface area contributed by atoms with Crippen LogP contribution in [0, 0.1) is 5.92 Å². The Morgan fingerprint density at radius 1 is 1.39 bits per heavy atom. The molecule has 0 aromatic carbocycles. The summed E-state index contributed by atoms with van der Waals surface area (Å²) in [6, 6.07) is 0. The SMILES string of the molecule is CCCC(=NOCC)C1=C(O)CC(CC(C)S(=O)CC)CC1=O. The van der Waals surface area contributed by atoms with Crippen LogP contribution in [0.2, 0.25) is 0 Å². The van der Waals surface area contributed by atoms with Crippen LogP contribution in [0.5, 0.6) is 0 Å². The summed E-state index contributed by atoms with van der Waals surface area (Å²) in [5, 5.41) is 14.4. The summed E-state index contributed by atoms with van der Waals surface area (Å²) in [6.07, 6.45) is 2.94. The zero-order valence-electron chi connectivity index (χ0n) is 14.6. The molecule has 0 aromatic heterocycles. The molecule has 132 valence electrons. The molecule has 0 saturated carbocycles. The number of aliphatic hydroxyl groups is 1. The van der Waals surface area contributed by atoms with E-state index in [1.807, 2.05) is 27.7 Å². The molecule has 0 spiro atoms. The first-order valence-corrected chi connectivity index (χ1v) is 9.84. The van der Waals surface area contributed by atoms with Crippen molar-refractivity contribution in [3.05, 3.63) is 11.3 Å². The zero-order chi connectivity index (χ0) is 17.4. The van der Waals surface area contributed by atoms with Gasteiger partial charge in [-0.05, 0) is 25.7 Å². The summed E-state index contributed by atoms with van der Waals surface area (Å²) in [5.74, 6) is 0.691. The highest BCUT2D eigenvalue weighted by atomic mass is 32.2. The van der Waals surface area contributed by atoms with E-state index in [4.69, 9.17) is 4.84 Å². The number of rotatable bonds is 9. The lowest BCUT2D eigenvalue weighted by atomic mass is 9.82. The molecule has 0 heterocycles. The second-order valence-corrected chi connectivity index (χ2v) is 8.08. The summed E-state index contributed by atoms with van der Waals surface area (Å²) in [4.78, 5) is 17.6. The Morgan fingerprint density at radius 3 is 2.61 bits per heavy atom. The third-order valence-electron chi connectivity index (χ3n) is 4.00. The molecule has 6 heteroatoms. The van der Waals surface area contributed by atoms with Crippen LogP contribution >= 0.6 is 0 Å². The molecule has 1 aliphatic rings. The lowest BCUT2D eigenvalue weighted by Crippen LogP contribution is -2.27. The number of hydrogen-bond acceptors (Lipinski definition) is 5. The maximum Gasteiger partial charge on any atom is 0.168 e. The van der Waals surface area contributed by atoms with Crippen LogP contribution in [0.1, 0.15) is 59.8 Å². The maximum atomic E-state index is 12.5. The molecule has 23 heavy (non-hydrogen) atoms. The van der Waals surface area contributed by atoms with Crippen molar-refractivity contribution >= 4 is 22.3 Å². The molecular weight excluding hydrogens is 314 g/mol. The number of oxime groups is 1. The topological polar surface area (TPSA) is 76.0 Å². The Balaban J connectivity index is 2.89. The van der Waals surface area contributed by atoms with Crippen molar-refractivity contribution in [2.45, 2.75) is 65.0 Å². The van der Waals surface area contributed by atoms with Gasteiger partial charge in [0.2, 0.25) is 0 Å². The van der Waals surface area contributed by atoms with E-state index in [-0.39, 0.29) is 22.7 Å². The molecule has 0 fully saturated rings. The molecule has 1 aliphatic carbocycles. The largest absolute Gasteiger partial charge is 0.511 e. The van der Waals surface area contributed by atoms with Crippen LogP contribution in [0.15, 0.2) is 16.5 Å². The van der Waals surface area contributed by atoms with E-state index in [0.717, 1.165) is 6.42 Å². The number of ketones is 1. The number of hydrogen-bond donors (Lipinski definition) is 1. The zero-order valence-corrected chi connectivity index (χ0v) is 15.4. The average Bonchev–Trinajstić information content (AvgIpc) is 2.50. The van der Waals surface area contributed by atoms with Crippen molar-refractivity contribution in [1.82, 2.24) is 0 Å². The smallest absolute Gasteiger partial charge is 0.168 e. The highest BCUT2D eigenvalue weighted by molar-refractivity contribution is 7.85. The van der Waals surface area contributed by atoms with Crippen molar-refractivity contribution < 1.29 is 18.9 Å². The molecule has 1 rings (SSSR count). The van der Waals surface area contributed by atoms with Gasteiger partial charge in [-0.2, -0.15) is 0 Å². The van der Waals surface area contributed by atoms with Gasteiger partial charge >= 0.3 is 0 Å². The van der Waals surface area contributed by atoms with Gasteiger partial charge in [-0.15, -0.1) is 0 Å². The maximum absolute atomic E-state index is 12.5. The van der Waals surface area contributed by atoms with Crippen LogP contribution in [0.3, 0.4) is 0 Å². The summed E-state index contributed by atoms with van der Waals surface area (Å²) < 4.78 is 11.8. The van der Waals surface area contributed by atoms with Crippen LogP contribution < -0.4 is 0 Å². The Morgan fingerprint density at radius 2 is 2.09 bits per heavy atom. The molecule has 0 amide bonds. The van der Waals surface area contributed by atoms with E-state index in [0.29, 0.717) is 49.3 Å². The number of carbonyl (C=O) groups is 1. The molecule has 3 atom stereocenters. The molecule has 5 nitrogen and oxygen atoms in total. The predicted molar refractivity (Wildman–Crippen MR) is 94.1 cm³/mol. The van der Waals surface area contributed by atoms with Crippen molar-refractivity contribution in [2.24, 2.45) is 11.1 Å². The number of carbonyl (C=O) groups excluding carboxylic acids is 1. The normalized spacial score (nSPS) is 22.2.